The van der Waals surface area contributed by atoms with E-state index in [1.54, 1.807) is 41.1 Å². The average molecular weight is 431 g/mol. The molecule has 3 rings (SSSR count). The second kappa shape index (κ2) is 8.68. The smallest absolute Gasteiger partial charge is 0.228 e. The van der Waals surface area contributed by atoms with Crippen LogP contribution < -0.4 is 10.6 Å². The lowest BCUT2D eigenvalue weighted by Gasteiger charge is -2.09. The maximum absolute atomic E-state index is 12.6. The van der Waals surface area contributed by atoms with Crippen LogP contribution in [0.25, 0.3) is 5.69 Å². The quantitative estimate of drug-likeness (QED) is 0.601. The van der Waals surface area contributed by atoms with Crippen LogP contribution in [0.3, 0.4) is 0 Å². The highest BCUT2D eigenvalue weighted by molar-refractivity contribution is 6.42. The van der Waals surface area contributed by atoms with Gasteiger partial charge in [0.15, 0.2) is 0 Å². The van der Waals surface area contributed by atoms with Gasteiger partial charge in [0.1, 0.15) is 0 Å². The van der Waals surface area contributed by atoms with E-state index in [4.69, 9.17) is 23.2 Å². The number of carbonyl (C=O) groups excluding carboxylic acids is 2. The summed E-state index contributed by atoms with van der Waals surface area (Å²) < 4.78 is 1.75. The van der Waals surface area contributed by atoms with Crippen molar-refractivity contribution in [3.8, 4) is 5.69 Å². The number of aryl methyl sites for hydroxylation is 1. The van der Waals surface area contributed by atoms with Crippen LogP contribution >= 0.6 is 23.2 Å². The Morgan fingerprint density at radius 2 is 1.69 bits per heavy atom. The van der Waals surface area contributed by atoms with Gasteiger partial charge in [-0.05, 0) is 50.2 Å². The fourth-order valence-electron chi connectivity index (χ4n) is 3.04. The van der Waals surface area contributed by atoms with E-state index in [1.807, 2.05) is 19.9 Å². The molecular weight excluding hydrogens is 411 g/mol. The van der Waals surface area contributed by atoms with E-state index in [2.05, 4.69) is 15.7 Å². The minimum Gasteiger partial charge on any atom is -0.326 e. The number of benzene rings is 2. The molecule has 2 aromatic carbocycles. The van der Waals surface area contributed by atoms with E-state index < -0.39 is 0 Å². The number of carbonyl (C=O) groups is 2. The Bertz CT molecular complexity index is 1090. The largest absolute Gasteiger partial charge is 0.326 e. The van der Waals surface area contributed by atoms with Gasteiger partial charge in [-0.25, -0.2) is 4.68 Å². The zero-order valence-electron chi connectivity index (χ0n) is 16.2. The summed E-state index contributed by atoms with van der Waals surface area (Å²) in [5.41, 5.74) is 4.45. The third-order valence-corrected chi connectivity index (χ3v) is 5.13. The van der Waals surface area contributed by atoms with Crippen LogP contribution in [0.5, 0.6) is 0 Å². The summed E-state index contributed by atoms with van der Waals surface area (Å²) in [4.78, 5) is 23.8. The van der Waals surface area contributed by atoms with Crippen LogP contribution in [0, 0.1) is 13.8 Å². The van der Waals surface area contributed by atoms with Crippen LogP contribution in [0.1, 0.15) is 23.9 Å². The van der Waals surface area contributed by atoms with Crippen molar-refractivity contribution in [3.05, 3.63) is 69.5 Å². The molecule has 0 fully saturated rings. The number of hydrogen-bond donors (Lipinski definition) is 2. The molecular formula is C21H20Cl2N4O2. The average Bonchev–Trinajstić information content (AvgIpc) is 2.92. The molecule has 8 heteroatoms. The Balaban J connectivity index is 1.78. The predicted molar refractivity (Wildman–Crippen MR) is 116 cm³/mol. The molecule has 0 saturated carbocycles. The number of hydrogen-bond acceptors (Lipinski definition) is 3. The summed E-state index contributed by atoms with van der Waals surface area (Å²) in [6, 6.07) is 12.3. The Labute approximate surface area is 178 Å². The van der Waals surface area contributed by atoms with Crippen molar-refractivity contribution in [1.29, 1.82) is 0 Å². The minimum atomic E-state index is -0.176. The fraction of sp³-hybridized carbons (Fsp3) is 0.190. The zero-order valence-corrected chi connectivity index (χ0v) is 17.7. The third kappa shape index (κ3) is 4.96. The Morgan fingerprint density at radius 3 is 2.34 bits per heavy atom. The highest BCUT2D eigenvalue weighted by Crippen LogP contribution is 2.26. The lowest BCUT2D eigenvalue weighted by atomic mass is 10.1. The van der Waals surface area contributed by atoms with Crippen molar-refractivity contribution >= 4 is 46.4 Å². The molecule has 0 aliphatic rings. The van der Waals surface area contributed by atoms with Crippen LogP contribution in [-0.2, 0) is 16.0 Å². The summed E-state index contributed by atoms with van der Waals surface area (Å²) >= 11 is 12.1. The first-order valence-electron chi connectivity index (χ1n) is 8.92. The molecule has 0 unspecified atom stereocenters. The number of nitrogens with zero attached hydrogens (tertiary/aromatic N) is 2. The maximum atomic E-state index is 12.6. The van der Waals surface area contributed by atoms with Gasteiger partial charge in [0, 0.05) is 29.6 Å². The molecule has 1 heterocycles. The van der Waals surface area contributed by atoms with Crippen molar-refractivity contribution in [3.63, 3.8) is 0 Å². The Hall–Kier alpha value is -2.83. The SMILES string of the molecule is CC(=O)Nc1cccc(NC(=O)Cc2c(C)nn(-c3ccc(Cl)c(Cl)c3)c2C)c1. The summed E-state index contributed by atoms with van der Waals surface area (Å²) in [7, 11) is 0. The minimum absolute atomic E-state index is 0.170. The molecule has 0 spiro atoms. The highest BCUT2D eigenvalue weighted by atomic mass is 35.5. The molecule has 29 heavy (non-hydrogen) atoms. The molecule has 2 amide bonds. The van der Waals surface area contributed by atoms with Gasteiger partial charge in [0.25, 0.3) is 0 Å². The van der Waals surface area contributed by atoms with Crippen molar-refractivity contribution in [1.82, 2.24) is 9.78 Å². The van der Waals surface area contributed by atoms with E-state index in [1.165, 1.54) is 6.92 Å². The molecule has 3 aromatic rings. The third-order valence-electron chi connectivity index (χ3n) is 4.39. The van der Waals surface area contributed by atoms with E-state index in [0.717, 1.165) is 22.6 Å². The van der Waals surface area contributed by atoms with Gasteiger partial charge >= 0.3 is 0 Å². The zero-order chi connectivity index (χ0) is 21.1. The first-order chi connectivity index (χ1) is 13.7. The second-order valence-electron chi connectivity index (χ2n) is 6.65. The molecule has 0 saturated heterocycles. The molecule has 0 radical (unpaired) electrons. The molecule has 6 nitrogen and oxygen atoms in total. The normalized spacial score (nSPS) is 10.7. The first kappa shape index (κ1) is 20.9. The molecule has 0 bridgehead atoms. The Kier molecular flexibility index (Phi) is 6.25. The van der Waals surface area contributed by atoms with Crippen LogP contribution in [0.2, 0.25) is 10.0 Å². The molecule has 150 valence electrons. The van der Waals surface area contributed by atoms with E-state index in [9.17, 15) is 9.59 Å². The summed E-state index contributed by atoms with van der Waals surface area (Å²) in [5.74, 6) is -0.348. The van der Waals surface area contributed by atoms with Crippen molar-refractivity contribution < 1.29 is 9.59 Å². The molecule has 0 atom stereocenters. The monoisotopic (exact) mass is 430 g/mol. The predicted octanol–water partition coefficient (Wildman–Crippen LogP) is 4.94. The van der Waals surface area contributed by atoms with Crippen molar-refractivity contribution in [2.24, 2.45) is 0 Å². The summed E-state index contributed by atoms with van der Waals surface area (Å²) in [6.45, 7) is 5.20. The number of anilines is 2. The van der Waals surface area contributed by atoms with E-state index >= 15 is 0 Å². The van der Waals surface area contributed by atoms with Crippen LogP contribution in [-0.4, -0.2) is 21.6 Å². The van der Waals surface area contributed by atoms with Gasteiger partial charge in [-0.15, -0.1) is 0 Å². The Morgan fingerprint density at radius 1 is 1.00 bits per heavy atom. The van der Waals surface area contributed by atoms with Gasteiger partial charge in [0.05, 0.1) is 27.8 Å². The second-order valence-corrected chi connectivity index (χ2v) is 7.46. The van der Waals surface area contributed by atoms with E-state index in [0.29, 0.717) is 21.4 Å². The fourth-order valence-corrected chi connectivity index (χ4v) is 3.34. The van der Waals surface area contributed by atoms with Gasteiger partial charge in [-0.1, -0.05) is 29.3 Å². The van der Waals surface area contributed by atoms with Crippen LogP contribution in [0.4, 0.5) is 11.4 Å². The lowest BCUT2D eigenvalue weighted by molar-refractivity contribution is -0.116. The maximum Gasteiger partial charge on any atom is 0.228 e. The van der Waals surface area contributed by atoms with Crippen LogP contribution in [0.15, 0.2) is 42.5 Å². The summed E-state index contributed by atoms with van der Waals surface area (Å²) in [6.07, 6.45) is 0.170. The number of aromatic nitrogens is 2. The number of rotatable bonds is 5. The summed E-state index contributed by atoms with van der Waals surface area (Å²) in [5, 5.41) is 11.0. The molecule has 1 aromatic heterocycles. The molecule has 0 aliphatic heterocycles. The van der Waals surface area contributed by atoms with E-state index in [-0.39, 0.29) is 18.2 Å². The number of halogens is 2. The standard InChI is InChI=1S/C21H20Cl2N4O2/c1-12-18(13(2)27(26-12)17-7-8-19(22)20(23)10-17)11-21(29)25-16-6-4-5-15(9-16)24-14(3)28/h4-10H,11H2,1-3H3,(H,24,28)(H,25,29). The lowest BCUT2D eigenvalue weighted by Crippen LogP contribution is -2.15. The first-order valence-corrected chi connectivity index (χ1v) is 9.68. The molecule has 0 aliphatic carbocycles. The van der Waals surface area contributed by atoms with Gasteiger partial charge < -0.3 is 10.6 Å². The van der Waals surface area contributed by atoms with Crippen molar-refractivity contribution in [2.45, 2.75) is 27.2 Å². The van der Waals surface area contributed by atoms with Gasteiger partial charge in [0.2, 0.25) is 11.8 Å². The number of amides is 2. The molecule has 2 N–H and O–H groups in total. The van der Waals surface area contributed by atoms with Gasteiger partial charge in [-0.3, -0.25) is 9.59 Å². The number of nitrogens with one attached hydrogen (secondary N) is 2. The highest BCUT2D eigenvalue weighted by Gasteiger charge is 2.17. The van der Waals surface area contributed by atoms with Crippen molar-refractivity contribution in [2.75, 3.05) is 10.6 Å². The van der Waals surface area contributed by atoms with Gasteiger partial charge in [-0.2, -0.15) is 5.10 Å². The topological polar surface area (TPSA) is 76.0 Å².